The first-order valence-electron chi connectivity index (χ1n) is 8.96. The van der Waals surface area contributed by atoms with Crippen LogP contribution in [-0.2, 0) is 0 Å². The number of benzene rings is 2. The van der Waals surface area contributed by atoms with E-state index in [4.69, 9.17) is 5.73 Å². The number of nitrogen functional groups attached to an aromatic ring is 1. The van der Waals surface area contributed by atoms with Crippen molar-refractivity contribution < 1.29 is 10.5 Å². The number of imidazole rings is 1. The van der Waals surface area contributed by atoms with Gasteiger partial charge in [-0.05, 0) is 37.1 Å². The van der Waals surface area contributed by atoms with Crippen molar-refractivity contribution in [3.63, 3.8) is 0 Å². The van der Waals surface area contributed by atoms with Gasteiger partial charge in [0.1, 0.15) is 11.4 Å². The number of H-pyrrole nitrogens is 1. The Bertz CT molecular complexity index is 1170. The van der Waals surface area contributed by atoms with Crippen LogP contribution in [0.25, 0.3) is 22.6 Å². The second-order valence-corrected chi connectivity index (χ2v) is 6.70. The van der Waals surface area contributed by atoms with Gasteiger partial charge in [-0.3, -0.25) is 4.79 Å². The van der Waals surface area contributed by atoms with Crippen LogP contribution >= 0.6 is 0 Å². The Labute approximate surface area is 168 Å². The number of aromatic amines is 1. The second kappa shape index (κ2) is 7.11. The molecule has 0 saturated heterocycles. The molecule has 2 heterocycles. The maximum Gasteiger partial charge on any atom is 0.271 e. The molecule has 0 unspecified atom stereocenters. The molecule has 4 N–H and O–H groups in total. The molecule has 2 aromatic carbocycles. The first-order chi connectivity index (χ1) is 13.5. The topological polar surface area (TPSA) is 110 Å². The zero-order chi connectivity index (χ0) is 19.7. The number of nitrogens with zero attached hydrogens (tertiary/aromatic N) is 3. The molecule has 28 heavy (non-hydrogen) atoms. The quantitative estimate of drug-likeness (QED) is 0.486. The lowest BCUT2D eigenvalue weighted by molar-refractivity contribution is 0.0934. The molecule has 4 aromatic rings. The van der Waals surface area contributed by atoms with Crippen LogP contribution < -0.4 is 11.1 Å². The molecular formula is C21H28N6O. The molecular weight excluding hydrogens is 352 g/mol. The van der Waals surface area contributed by atoms with E-state index in [0.29, 0.717) is 11.5 Å². The van der Waals surface area contributed by atoms with Crippen LogP contribution in [0.3, 0.4) is 0 Å². The van der Waals surface area contributed by atoms with Gasteiger partial charge in [0.2, 0.25) is 0 Å². The molecule has 2 aromatic heterocycles. The number of hydrogen-bond donors (Lipinski definition) is 3. The number of aryl methyl sites for hydroxylation is 1. The molecule has 1 amide bonds. The standard InChI is InChI=1S/C21H20N6O.4H2/c1-12-8-9-15-16(10-12)27-20(26-15)18-19(22)23-11-17(25-18)21(28)24-13(2)14-6-4-3-5-7-14;;;;/h3-11,13H,1-2H3,(H2,22,23)(H,24,28)(H,26,27);4*1H/t13-;;;;/m0..../s1. The van der Waals surface area contributed by atoms with E-state index in [1.54, 1.807) is 0 Å². The zero-order valence-electron chi connectivity index (χ0n) is 15.6. The van der Waals surface area contributed by atoms with E-state index < -0.39 is 0 Å². The Morgan fingerprint density at radius 3 is 2.75 bits per heavy atom. The van der Waals surface area contributed by atoms with Crippen molar-refractivity contribution in [2.45, 2.75) is 19.9 Å². The van der Waals surface area contributed by atoms with Crippen molar-refractivity contribution in [1.82, 2.24) is 25.3 Å². The fraction of sp³-hybridized carbons (Fsp3) is 0.143. The first-order valence-corrected chi connectivity index (χ1v) is 8.96. The molecule has 1 atom stereocenters. The minimum Gasteiger partial charge on any atom is -0.382 e. The van der Waals surface area contributed by atoms with Gasteiger partial charge < -0.3 is 16.0 Å². The van der Waals surface area contributed by atoms with Gasteiger partial charge in [0.25, 0.3) is 5.91 Å². The predicted octanol–water partition coefficient (Wildman–Crippen LogP) is 4.39. The molecule has 0 fully saturated rings. The number of hydrogen-bond acceptors (Lipinski definition) is 5. The minimum absolute atomic E-state index is 0. The average Bonchev–Trinajstić information content (AvgIpc) is 3.11. The lowest BCUT2D eigenvalue weighted by Crippen LogP contribution is -2.27. The molecule has 4 rings (SSSR count). The largest absolute Gasteiger partial charge is 0.382 e. The maximum absolute atomic E-state index is 12.7. The monoisotopic (exact) mass is 380 g/mol. The van der Waals surface area contributed by atoms with Gasteiger partial charge in [0.15, 0.2) is 11.6 Å². The molecule has 7 heteroatoms. The number of amides is 1. The molecule has 0 saturated carbocycles. The smallest absolute Gasteiger partial charge is 0.271 e. The summed E-state index contributed by atoms with van der Waals surface area (Å²) in [7, 11) is 0. The highest BCUT2D eigenvalue weighted by atomic mass is 16.1. The Morgan fingerprint density at radius 1 is 1.18 bits per heavy atom. The van der Waals surface area contributed by atoms with Crippen molar-refractivity contribution in [1.29, 1.82) is 0 Å². The number of rotatable bonds is 4. The van der Waals surface area contributed by atoms with Gasteiger partial charge in [0.05, 0.1) is 23.3 Å². The summed E-state index contributed by atoms with van der Waals surface area (Å²) in [6.45, 7) is 3.92. The molecule has 0 spiro atoms. The van der Waals surface area contributed by atoms with E-state index in [9.17, 15) is 4.79 Å². The van der Waals surface area contributed by atoms with E-state index in [1.165, 1.54) is 6.20 Å². The van der Waals surface area contributed by atoms with E-state index >= 15 is 0 Å². The van der Waals surface area contributed by atoms with Crippen LogP contribution in [-0.4, -0.2) is 25.8 Å². The summed E-state index contributed by atoms with van der Waals surface area (Å²) < 4.78 is 0. The average molecular weight is 380 g/mol. The van der Waals surface area contributed by atoms with Crippen LogP contribution in [0.5, 0.6) is 0 Å². The lowest BCUT2D eigenvalue weighted by Gasteiger charge is -2.14. The number of carbonyl (C=O) groups is 1. The van der Waals surface area contributed by atoms with Crippen LogP contribution in [0, 0.1) is 6.92 Å². The fourth-order valence-corrected chi connectivity index (χ4v) is 3.01. The van der Waals surface area contributed by atoms with Crippen molar-refractivity contribution in [3.05, 3.63) is 71.5 Å². The SMILES string of the molecule is Cc1ccc2nc(-c3nc(C(=O)N[C@@H](C)c4ccccc4)cnc3N)[nH]c2c1.[HH].[HH].[HH].[HH]. The van der Waals surface area contributed by atoms with E-state index in [0.717, 1.165) is 22.2 Å². The zero-order valence-corrected chi connectivity index (χ0v) is 15.6. The molecule has 7 nitrogen and oxygen atoms in total. The highest BCUT2D eigenvalue weighted by Gasteiger charge is 2.17. The van der Waals surface area contributed by atoms with Crippen LogP contribution in [0.1, 0.15) is 40.3 Å². The van der Waals surface area contributed by atoms with E-state index in [1.807, 2.05) is 62.4 Å². The van der Waals surface area contributed by atoms with E-state index in [2.05, 4.69) is 25.3 Å². The molecule has 148 valence electrons. The Balaban J connectivity index is 0.00000240. The number of fused-ring (bicyclic) bond motifs is 1. The predicted molar refractivity (Wildman–Crippen MR) is 117 cm³/mol. The summed E-state index contributed by atoms with van der Waals surface area (Å²) in [5, 5.41) is 2.93. The number of nitrogens with two attached hydrogens (primary N) is 1. The van der Waals surface area contributed by atoms with Crippen LogP contribution in [0.2, 0.25) is 0 Å². The summed E-state index contributed by atoms with van der Waals surface area (Å²) in [4.78, 5) is 28.9. The Kier molecular flexibility index (Phi) is 4.49. The maximum atomic E-state index is 12.7. The third kappa shape index (κ3) is 3.42. The normalized spacial score (nSPS) is 12.1. The van der Waals surface area contributed by atoms with Crippen molar-refractivity contribution in [3.8, 4) is 11.5 Å². The molecule has 0 aliphatic heterocycles. The van der Waals surface area contributed by atoms with Crippen LogP contribution in [0.4, 0.5) is 5.82 Å². The molecule has 0 radical (unpaired) electrons. The Morgan fingerprint density at radius 2 is 1.96 bits per heavy atom. The summed E-state index contributed by atoms with van der Waals surface area (Å²) in [5.41, 5.74) is 10.3. The second-order valence-electron chi connectivity index (χ2n) is 6.70. The third-order valence-corrected chi connectivity index (χ3v) is 4.54. The summed E-state index contributed by atoms with van der Waals surface area (Å²) in [6, 6.07) is 15.5. The summed E-state index contributed by atoms with van der Waals surface area (Å²) >= 11 is 0. The van der Waals surface area contributed by atoms with Crippen molar-refractivity contribution in [2.24, 2.45) is 0 Å². The number of anilines is 1. The highest BCUT2D eigenvalue weighted by molar-refractivity contribution is 5.93. The van der Waals surface area contributed by atoms with Crippen LogP contribution in [0.15, 0.2) is 54.7 Å². The summed E-state index contributed by atoms with van der Waals surface area (Å²) in [5.74, 6) is 0.372. The molecule has 0 bridgehead atoms. The number of carbonyl (C=O) groups excluding carboxylic acids is 1. The van der Waals surface area contributed by atoms with Gasteiger partial charge in [0, 0.05) is 5.71 Å². The summed E-state index contributed by atoms with van der Waals surface area (Å²) in [6.07, 6.45) is 1.37. The number of aromatic nitrogens is 4. The Hall–Kier alpha value is -3.74. The van der Waals surface area contributed by atoms with Gasteiger partial charge in [-0.1, -0.05) is 36.4 Å². The highest BCUT2D eigenvalue weighted by Crippen LogP contribution is 2.23. The van der Waals surface area contributed by atoms with Gasteiger partial charge in [-0.25, -0.2) is 15.0 Å². The van der Waals surface area contributed by atoms with Crippen molar-refractivity contribution in [2.75, 3.05) is 5.73 Å². The third-order valence-electron chi connectivity index (χ3n) is 4.54. The minimum atomic E-state index is -0.322. The molecule has 0 aliphatic rings. The number of nitrogens with one attached hydrogen (secondary N) is 2. The lowest BCUT2D eigenvalue weighted by atomic mass is 10.1. The first kappa shape index (κ1) is 17.7. The fourth-order valence-electron chi connectivity index (χ4n) is 3.01. The van der Waals surface area contributed by atoms with E-state index in [-0.39, 0.29) is 29.2 Å². The van der Waals surface area contributed by atoms with Crippen molar-refractivity contribution >= 4 is 22.8 Å². The van der Waals surface area contributed by atoms with Gasteiger partial charge >= 0.3 is 0 Å². The van der Waals surface area contributed by atoms with Gasteiger partial charge in [-0.2, -0.15) is 0 Å². The van der Waals surface area contributed by atoms with Gasteiger partial charge in [-0.15, -0.1) is 0 Å². The molecule has 0 aliphatic carbocycles.